The molecule has 0 aromatic rings. The number of aliphatic carboxylic acids is 1. The van der Waals surface area contributed by atoms with Gasteiger partial charge in [-0.1, -0.05) is 0 Å². The summed E-state index contributed by atoms with van der Waals surface area (Å²) in [7, 11) is 0. The van der Waals surface area contributed by atoms with Gasteiger partial charge in [0.05, 0.1) is 19.8 Å². The van der Waals surface area contributed by atoms with E-state index in [0.717, 1.165) is 58.7 Å². The number of ether oxygens (including phenoxy) is 2. The van der Waals surface area contributed by atoms with Crippen LogP contribution >= 0.6 is 0 Å². The zero-order chi connectivity index (χ0) is 14.7. The van der Waals surface area contributed by atoms with Gasteiger partial charge >= 0.3 is 5.97 Å². The molecule has 0 spiro atoms. The third-order valence-electron chi connectivity index (χ3n) is 5.11. The Balaban J connectivity index is 1.56. The van der Waals surface area contributed by atoms with Gasteiger partial charge < -0.3 is 19.5 Å². The summed E-state index contributed by atoms with van der Waals surface area (Å²) in [5, 5.41) is 9.63. The maximum Gasteiger partial charge on any atom is 0.313 e. The first-order valence-electron chi connectivity index (χ1n) is 8.05. The van der Waals surface area contributed by atoms with Crippen LogP contribution < -0.4 is 0 Å². The molecule has 3 fully saturated rings. The molecule has 3 aliphatic heterocycles. The molecule has 3 rings (SSSR count). The lowest BCUT2D eigenvalue weighted by molar-refractivity contribution is -0.159. The predicted molar refractivity (Wildman–Crippen MR) is 77.4 cm³/mol. The Hall–Kier alpha value is -0.690. The summed E-state index contributed by atoms with van der Waals surface area (Å²) < 4.78 is 10.9. The number of morpholine rings is 1. The average Bonchev–Trinajstić information content (AvgIpc) is 2.97. The van der Waals surface area contributed by atoms with Crippen LogP contribution in [0.5, 0.6) is 0 Å². The minimum Gasteiger partial charge on any atom is -0.481 e. The molecule has 0 saturated carbocycles. The number of likely N-dealkylation sites (tertiary alicyclic amines) is 1. The van der Waals surface area contributed by atoms with Crippen LogP contribution in [0.4, 0.5) is 0 Å². The van der Waals surface area contributed by atoms with Gasteiger partial charge in [-0.25, -0.2) is 0 Å². The van der Waals surface area contributed by atoms with Gasteiger partial charge in [-0.05, 0) is 25.8 Å². The lowest BCUT2D eigenvalue weighted by Gasteiger charge is -2.37. The number of hydrogen-bond acceptors (Lipinski definition) is 5. The molecule has 0 aromatic heterocycles. The van der Waals surface area contributed by atoms with Crippen molar-refractivity contribution in [2.75, 3.05) is 59.2 Å². The van der Waals surface area contributed by atoms with Crippen LogP contribution in [0.25, 0.3) is 0 Å². The van der Waals surface area contributed by atoms with E-state index >= 15 is 0 Å². The summed E-state index contributed by atoms with van der Waals surface area (Å²) in [6, 6.07) is 0.559. The molecule has 0 bridgehead atoms. The van der Waals surface area contributed by atoms with Crippen LogP contribution in [0.2, 0.25) is 0 Å². The van der Waals surface area contributed by atoms with Crippen molar-refractivity contribution in [3.63, 3.8) is 0 Å². The monoisotopic (exact) mass is 298 g/mol. The predicted octanol–water partition coefficient (Wildman–Crippen LogP) is 0.274. The van der Waals surface area contributed by atoms with E-state index in [9.17, 15) is 9.90 Å². The number of hydrogen-bond donors (Lipinski definition) is 1. The van der Waals surface area contributed by atoms with E-state index < -0.39 is 11.4 Å². The van der Waals surface area contributed by atoms with Gasteiger partial charge in [0.2, 0.25) is 0 Å². The lowest BCUT2D eigenvalue weighted by atomic mass is 9.82. The van der Waals surface area contributed by atoms with Crippen LogP contribution in [0.15, 0.2) is 0 Å². The van der Waals surface area contributed by atoms with Crippen molar-refractivity contribution in [2.24, 2.45) is 5.41 Å². The molecule has 120 valence electrons. The first kappa shape index (κ1) is 15.2. The summed E-state index contributed by atoms with van der Waals surface area (Å²) in [6.07, 6.45) is 2.73. The molecular weight excluding hydrogens is 272 g/mol. The maximum absolute atomic E-state index is 11.7. The number of rotatable bonds is 4. The van der Waals surface area contributed by atoms with Crippen molar-refractivity contribution in [3.05, 3.63) is 0 Å². The van der Waals surface area contributed by atoms with E-state index in [2.05, 4.69) is 9.80 Å². The zero-order valence-electron chi connectivity index (χ0n) is 12.6. The fourth-order valence-corrected chi connectivity index (χ4v) is 3.84. The zero-order valence-corrected chi connectivity index (χ0v) is 12.6. The molecule has 0 aliphatic carbocycles. The third kappa shape index (κ3) is 3.39. The standard InChI is InChI=1S/C15H26N2O4/c18-14(19)15(3-1-7-21-12-15)11-16-4-2-13(10-16)17-5-8-20-9-6-17/h13H,1-12H2,(H,18,19). The van der Waals surface area contributed by atoms with Crippen molar-refractivity contribution < 1.29 is 19.4 Å². The van der Waals surface area contributed by atoms with Crippen molar-refractivity contribution in [1.29, 1.82) is 0 Å². The highest BCUT2D eigenvalue weighted by molar-refractivity contribution is 5.75. The van der Waals surface area contributed by atoms with Crippen molar-refractivity contribution >= 4 is 5.97 Å². The van der Waals surface area contributed by atoms with E-state index in [-0.39, 0.29) is 0 Å². The highest BCUT2D eigenvalue weighted by Crippen LogP contribution is 2.32. The SMILES string of the molecule is O=C(O)C1(CN2CCC(N3CCOCC3)C2)CCCOC1. The minimum atomic E-state index is -0.697. The average molecular weight is 298 g/mol. The summed E-state index contributed by atoms with van der Waals surface area (Å²) >= 11 is 0. The Bertz CT molecular complexity index is 365. The molecule has 1 N–H and O–H groups in total. The van der Waals surface area contributed by atoms with Crippen LogP contribution in [0.1, 0.15) is 19.3 Å². The smallest absolute Gasteiger partial charge is 0.313 e. The second kappa shape index (κ2) is 6.60. The largest absolute Gasteiger partial charge is 0.481 e. The second-order valence-electron chi connectivity index (χ2n) is 6.57. The van der Waals surface area contributed by atoms with Crippen LogP contribution in [0.3, 0.4) is 0 Å². The van der Waals surface area contributed by atoms with Gasteiger partial charge in [0.1, 0.15) is 5.41 Å². The molecule has 3 saturated heterocycles. The maximum atomic E-state index is 11.7. The number of carboxylic acid groups (broad SMARTS) is 1. The third-order valence-corrected chi connectivity index (χ3v) is 5.11. The summed E-state index contributed by atoms with van der Waals surface area (Å²) in [4.78, 5) is 16.5. The second-order valence-corrected chi connectivity index (χ2v) is 6.57. The fourth-order valence-electron chi connectivity index (χ4n) is 3.84. The van der Waals surface area contributed by atoms with Crippen molar-refractivity contribution in [1.82, 2.24) is 9.80 Å². The van der Waals surface area contributed by atoms with Crippen molar-refractivity contribution in [3.8, 4) is 0 Å². The van der Waals surface area contributed by atoms with Crippen LogP contribution in [0, 0.1) is 5.41 Å². The van der Waals surface area contributed by atoms with Gasteiger partial charge in [-0.2, -0.15) is 0 Å². The topological polar surface area (TPSA) is 62.2 Å². The molecular formula is C15H26N2O4. The lowest BCUT2D eigenvalue weighted by Crippen LogP contribution is -2.49. The van der Waals surface area contributed by atoms with E-state index in [1.165, 1.54) is 0 Å². The first-order valence-corrected chi connectivity index (χ1v) is 8.05. The van der Waals surface area contributed by atoms with E-state index in [4.69, 9.17) is 9.47 Å². The van der Waals surface area contributed by atoms with Crippen LogP contribution in [-0.2, 0) is 14.3 Å². The van der Waals surface area contributed by atoms with Crippen molar-refractivity contribution in [2.45, 2.75) is 25.3 Å². The normalized spacial score (nSPS) is 35.9. The van der Waals surface area contributed by atoms with E-state index in [1.54, 1.807) is 0 Å². The summed E-state index contributed by atoms with van der Waals surface area (Å²) in [5.74, 6) is -0.697. The fraction of sp³-hybridized carbons (Fsp3) is 0.933. The molecule has 0 aromatic carbocycles. The molecule has 3 aliphatic rings. The minimum absolute atomic E-state index is 0.362. The van der Waals surface area contributed by atoms with E-state index in [1.807, 2.05) is 0 Å². The van der Waals surface area contributed by atoms with Gasteiger partial charge in [-0.15, -0.1) is 0 Å². The Morgan fingerprint density at radius 3 is 2.67 bits per heavy atom. The van der Waals surface area contributed by atoms with E-state index in [0.29, 0.717) is 25.8 Å². The summed E-state index contributed by atoms with van der Waals surface area (Å²) in [5.41, 5.74) is -0.696. The molecule has 0 radical (unpaired) electrons. The molecule has 2 atom stereocenters. The molecule has 6 heteroatoms. The molecule has 6 nitrogen and oxygen atoms in total. The molecule has 0 amide bonds. The number of nitrogens with zero attached hydrogens (tertiary/aromatic N) is 2. The Morgan fingerprint density at radius 2 is 2.00 bits per heavy atom. The molecule has 21 heavy (non-hydrogen) atoms. The van der Waals surface area contributed by atoms with Gasteiger partial charge in [0, 0.05) is 38.8 Å². The quantitative estimate of drug-likeness (QED) is 0.804. The number of carboxylic acids is 1. The van der Waals surface area contributed by atoms with Gasteiger partial charge in [0.15, 0.2) is 0 Å². The Morgan fingerprint density at radius 1 is 1.19 bits per heavy atom. The first-order chi connectivity index (χ1) is 10.2. The Kier molecular flexibility index (Phi) is 4.78. The van der Waals surface area contributed by atoms with Crippen LogP contribution in [-0.4, -0.2) is 86.1 Å². The number of carbonyl (C=O) groups is 1. The molecule has 3 heterocycles. The highest BCUT2D eigenvalue weighted by Gasteiger charge is 2.43. The van der Waals surface area contributed by atoms with Gasteiger partial charge in [0.25, 0.3) is 0 Å². The molecule has 2 unspecified atom stereocenters. The Labute approximate surface area is 126 Å². The van der Waals surface area contributed by atoms with Gasteiger partial charge in [-0.3, -0.25) is 9.69 Å². The highest BCUT2D eigenvalue weighted by atomic mass is 16.5. The summed E-state index contributed by atoms with van der Waals surface area (Å²) in [6.45, 7) is 7.33.